The van der Waals surface area contributed by atoms with Crippen LogP contribution < -0.4 is 11.5 Å². The van der Waals surface area contributed by atoms with Crippen LogP contribution in [-0.4, -0.2) is 33.3 Å². The number of nitrogens with two attached hydrogens (primary N) is 2. The molecule has 0 aliphatic heterocycles. The van der Waals surface area contributed by atoms with Crippen molar-refractivity contribution in [1.29, 1.82) is 0 Å². The number of hydrogen-bond acceptors (Lipinski definition) is 3. The Balaban J connectivity index is 3.21. The van der Waals surface area contributed by atoms with Gasteiger partial charge >= 0.3 is 68.8 Å². The molecule has 0 unspecified atom stereocenters. The normalized spacial score (nSPS) is 13.0. The molecule has 0 spiro atoms. The fraction of sp³-hybridized carbons (Fsp3) is 0.833. The van der Waals surface area contributed by atoms with Gasteiger partial charge in [-0.1, -0.05) is 0 Å². The van der Waals surface area contributed by atoms with E-state index in [4.69, 9.17) is 11.5 Å². The topological polar surface area (TPSA) is 69.1 Å². The molecule has 3 nitrogen and oxygen atoms in total. The number of rotatable bonds is 5. The van der Waals surface area contributed by atoms with Gasteiger partial charge in [-0.15, -0.1) is 0 Å². The van der Waals surface area contributed by atoms with Crippen LogP contribution in [0.25, 0.3) is 0 Å². The first kappa shape index (κ1) is 10.1. The molecular formula is C6H13N2OSe. The van der Waals surface area contributed by atoms with Gasteiger partial charge in [-0.2, -0.15) is 0 Å². The summed E-state index contributed by atoms with van der Waals surface area (Å²) in [5, 5.41) is 0. The molecule has 10 heavy (non-hydrogen) atoms. The van der Waals surface area contributed by atoms with Gasteiger partial charge in [0.05, 0.1) is 0 Å². The zero-order valence-electron chi connectivity index (χ0n) is 5.88. The van der Waals surface area contributed by atoms with Crippen molar-refractivity contribution in [3.05, 3.63) is 0 Å². The van der Waals surface area contributed by atoms with Crippen LogP contribution in [0.15, 0.2) is 0 Å². The first-order chi connectivity index (χ1) is 4.68. The second kappa shape index (κ2) is 5.86. The summed E-state index contributed by atoms with van der Waals surface area (Å²) in [4.78, 5) is 10.5. The van der Waals surface area contributed by atoms with E-state index in [1.165, 1.54) is 0 Å². The molecule has 4 heteroatoms. The van der Waals surface area contributed by atoms with Crippen molar-refractivity contribution in [1.82, 2.24) is 0 Å². The molecule has 0 aliphatic carbocycles. The van der Waals surface area contributed by atoms with E-state index in [0.29, 0.717) is 6.54 Å². The Morgan fingerprint density at radius 3 is 2.50 bits per heavy atom. The summed E-state index contributed by atoms with van der Waals surface area (Å²) in [5.41, 5.74) is 10.7. The van der Waals surface area contributed by atoms with E-state index in [-0.39, 0.29) is 10.7 Å². The third kappa shape index (κ3) is 4.94. The Bertz CT molecular complexity index is 108. The van der Waals surface area contributed by atoms with E-state index in [1.54, 1.807) is 0 Å². The molecular weight excluding hydrogens is 195 g/mol. The third-order valence-corrected chi connectivity index (χ3v) is 1.91. The predicted molar refractivity (Wildman–Crippen MR) is 41.6 cm³/mol. The van der Waals surface area contributed by atoms with E-state index in [2.05, 4.69) is 16.0 Å². The fourth-order valence-corrected chi connectivity index (χ4v) is 0.874. The molecule has 0 aromatic rings. The van der Waals surface area contributed by atoms with Gasteiger partial charge in [0.1, 0.15) is 0 Å². The first-order valence-electron chi connectivity index (χ1n) is 3.35. The van der Waals surface area contributed by atoms with Crippen LogP contribution in [0.1, 0.15) is 19.3 Å². The second-order valence-electron chi connectivity index (χ2n) is 2.21. The number of unbranched alkanes of at least 4 members (excludes halogenated alkanes) is 1. The molecule has 0 aliphatic rings. The summed E-state index contributed by atoms with van der Waals surface area (Å²) >= 11 is 2.37. The zero-order valence-corrected chi connectivity index (χ0v) is 7.59. The number of carbonyl (C=O) groups is 1. The van der Waals surface area contributed by atoms with E-state index < -0.39 is 0 Å². The van der Waals surface area contributed by atoms with Crippen LogP contribution in [0.3, 0.4) is 0 Å². The van der Waals surface area contributed by atoms with Crippen LogP contribution in [0.5, 0.6) is 0 Å². The Kier molecular flexibility index (Phi) is 5.93. The van der Waals surface area contributed by atoms with Gasteiger partial charge in [-0.25, -0.2) is 0 Å². The Morgan fingerprint density at radius 1 is 1.50 bits per heavy atom. The Hall–Kier alpha value is 0.109. The van der Waals surface area contributed by atoms with Crippen molar-refractivity contribution < 1.29 is 4.79 Å². The van der Waals surface area contributed by atoms with Crippen molar-refractivity contribution in [2.75, 3.05) is 6.54 Å². The minimum absolute atomic E-state index is 0.0583. The summed E-state index contributed by atoms with van der Waals surface area (Å²) in [6, 6.07) is -0.327. The summed E-state index contributed by atoms with van der Waals surface area (Å²) in [5.74, 6) is 0. The predicted octanol–water partition coefficient (Wildman–Crippen LogP) is -0.862. The summed E-state index contributed by atoms with van der Waals surface area (Å²) < 4.78 is -0.0583. The maximum absolute atomic E-state index is 10.5. The summed E-state index contributed by atoms with van der Waals surface area (Å²) in [7, 11) is 0. The second-order valence-corrected chi connectivity index (χ2v) is 3.05. The molecule has 0 saturated carbocycles. The molecule has 59 valence electrons. The number of hydrogen-bond donors (Lipinski definition) is 2. The Morgan fingerprint density at radius 2 is 2.10 bits per heavy atom. The van der Waals surface area contributed by atoms with Gasteiger partial charge in [0, 0.05) is 0 Å². The van der Waals surface area contributed by atoms with Crippen LogP contribution in [0.2, 0.25) is 0 Å². The molecule has 0 aromatic heterocycles. The summed E-state index contributed by atoms with van der Waals surface area (Å²) in [6.07, 6.45) is 2.62. The third-order valence-electron chi connectivity index (χ3n) is 1.27. The maximum atomic E-state index is 10.5. The van der Waals surface area contributed by atoms with E-state index in [9.17, 15) is 4.79 Å². The van der Waals surface area contributed by atoms with Crippen molar-refractivity contribution in [2.45, 2.75) is 25.3 Å². The first-order valence-corrected chi connectivity index (χ1v) is 4.20. The van der Waals surface area contributed by atoms with Gasteiger partial charge < -0.3 is 0 Å². The van der Waals surface area contributed by atoms with E-state index in [0.717, 1.165) is 19.3 Å². The number of carbonyl (C=O) groups excluding carboxylic acids is 1. The van der Waals surface area contributed by atoms with Crippen molar-refractivity contribution >= 4 is 20.7 Å². The molecule has 0 saturated heterocycles. The van der Waals surface area contributed by atoms with Crippen LogP contribution in [-0.2, 0) is 4.79 Å². The zero-order chi connectivity index (χ0) is 7.98. The van der Waals surface area contributed by atoms with Gasteiger partial charge in [-0.3, -0.25) is 0 Å². The average molecular weight is 208 g/mol. The van der Waals surface area contributed by atoms with Gasteiger partial charge in [-0.05, 0) is 0 Å². The van der Waals surface area contributed by atoms with Crippen LogP contribution >= 0.6 is 0 Å². The molecule has 1 atom stereocenters. The fourth-order valence-electron chi connectivity index (χ4n) is 0.626. The van der Waals surface area contributed by atoms with Gasteiger partial charge in [0.2, 0.25) is 0 Å². The monoisotopic (exact) mass is 209 g/mol. The van der Waals surface area contributed by atoms with E-state index >= 15 is 0 Å². The standard InChI is InChI=1S/C6H13N2OSe/c7-4-2-1-3-5(8)6(9)10/h5H,1-4,7-8H2/t5-/m0/s1. The van der Waals surface area contributed by atoms with Crippen molar-refractivity contribution in [2.24, 2.45) is 11.5 Å². The average Bonchev–Trinajstić information content (AvgIpc) is 1.88. The Labute approximate surface area is 69.3 Å². The van der Waals surface area contributed by atoms with Crippen LogP contribution in [0, 0.1) is 0 Å². The molecule has 0 aromatic carbocycles. The quantitative estimate of drug-likeness (QED) is 0.456. The molecule has 0 fully saturated rings. The molecule has 0 amide bonds. The van der Waals surface area contributed by atoms with Crippen LogP contribution in [0.4, 0.5) is 0 Å². The van der Waals surface area contributed by atoms with Crippen molar-refractivity contribution in [3.63, 3.8) is 0 Å². The van der Waals surface area contributed by atoms with E-state index in [1.807, 2.05) is 0 Å². The molecule has 4 N–H and O–H groups in total. The molecule has 1 radical (unpaired) electrons. The molecule has 0 bridgehead atoms. The SMILES string of the molecule is NCCCC[C@H](N)C(=O)[Se]. The van der Waals surface area contributed by atoms with Gasteiger partial charge in [0.15, 0.2) is 0 Å². The minimum atomic E-state index is -0.327. The molecule has 0 heterocycles. The van der Waals surface area contributed by atoms with Gasteiger partial charge in [0.25, 0.3) is 0 Å². The molecule has 0 rings (SSSR count). The summed E-state index contributed by atoms with van der Waals surface area (Å²) in [6.45, 7) is 0.675. The van der Waals surface area contributed by atoms with Crippen molar-refractivity contribution in [3.8, 4) is 0 Å².